The van der Waals surface area contributed by atoms with Crippen molar-refractivity contribution in [1.29, 1.82) is 0 Å². The maximum Gasteiger partial charge on any atom is 0.374 e. The van der Waals surface area contributed by atoms with Crippen LogP contribution in [0.15, 0.2) is 30.3 Å². The normalized spacial score (nSPS) is 20.1. The Morgan fingerprint density at radius 1 is 1.28 bits per heavy atom. The van der Waals surface area contributed by atoms with E-state index >= 15 is 0 Å². The number of amides is 1. The average Bonchev–Trinajstić information content (AvgIpc) is 3.04. The lowest BCUT2D eigenvalue weighted by atomic mass is 9.85. The Labute approximate surface area is 170 Å². The number of likely N-dealkylation sites (tertiary alicyclic amines) is 1. The van der Waals surface area contributed by atoms with Gasteiger partial charge < -0.3 is 19.9 Å². The number of esters is 1. The highest BCUT2D eigenvalue weighted by atomic mass is 19.3. The molecule has 1 aliphatic heterocycles. The quantitative estimate of drug-likeness (QED) is 0.483. The van der Waals surface area contributed by atoms with Gasteiger partial charge in [-0.05, 0) is 31.6 Å². The Bertz CT molecular complexity index is 690. The molecule has 1 aliphatic rings. The molecule has 0 aromatic heterocycles. The summed E-state index contributed by atoms with van der Waals surface area (Å²) in [4.78, 5) is 26.9. The van der Waals surface area contributed by atoms with E-state index in [2.05, 4.69) is 5.23 Å². The van der Waals surface area contributed by atoms with Crippen LogP contribution in [0.4, 0.5) is 8.78 Å². The number of carbonyl (C=O) groups is 2. The summed E-state index contributed by atoms with van der Waals surface area (Å²) in [5.74, 6) is -2.72. The van der Waals surface area contributed by atoms with Crippen molar-refractivity contribution in [2.45, 2.75) is 58.6 Å². The predicted molar refractivity (Wildman–Crippen MR) is 106 cm³/mol. The second-order valence-corrected chi connectivity index (χ2v) is 7.81. The lowest BCUT2D eigenvalue weighted by Crippen LogP contribution is -2.51. The van der Waals surface area contributed by atoms with Crippen LogP contribution in [0.25, 0.3) is 0 Å². The van der Waals surface area contributed by atoms with E-state index < -0.39 is 43.4 Å². The van der Waals surface area contributed by atoms with Crippen molar-refractivity contribution in [3.05, 3.63) is 35.9 Å². The van der Waals surface area contributed by atoms with Crippen molar-refractivity contribution in [2.75, 3.05) is 6.54 Å². The van der Waals surface area contributed by atoms with Crippen LogP contribution in [0.1, 0.15) is 38.8 Å². The first kappa shape index (κ1) is 23.3. The number of hydrogen-bond acceptors (Lipinski definition) is 5. The molecule has 2 N–H and O–H groups in total. The van der Waals surface area contributed by atoms with E-state index in [1.807, 2.05) is 37.3 Å². The van der Waals surface area contributed by atoms with Crippen LogP contribution in [0.5, 0.6) is 0 Å². The highest BCUT2D eigenvalue weighted by molar-refractivity contribution is 6.46. The van der Waals surface area contributed by atoms with Gasteiger partial charge in [-0.1, -0.05) is 44.2 Å². The van der Waals surface area contributed by atoms with Gasteiger partial charge in [0, 0.05) is 6.54 Å². The molecule has 0 radical (unpaired) electrons. The Morgan fingerprint density at radius 3 is 2.41 bits per heavy atom. The monoisotopic (exact) mass is 410 g/mol. The van der Waals surface area contributed by atoms with Crippen LogP contribution < -0.4 is 5.23 Å². The van der Waals surface area contributed by atoms with Crippen molar-refractivity contribution in [3.63, 3.8) is 0 Å². The molecule has 160 valence electrons. The molecule has 6 nitrogen and oxygen atoms in total. The Morgan fingerprint density at radius 2 is 1.90 bits per heavy atom. The number of ether oxygens (including phenoxy) is 1. The van der Waals surface area contributed by atoms with Gasteiger partial charge in [0.05, 0.1) is 12.0 Å². The molecule has 1 aromatic carbocycles. The highest BCUT2D eigenvalue weighted by Crippen LogP contribution is 2.33. The fourth-order valence-electron chi connectivity index (χ4n) is 3.63. The maximum absolute atomic E-state index is 13.7. The number of alkyl halides is 2. The Balaban J connectivity index is 2.13. The molecule has 0 aliphatic carbocycles. The second kappa shape index (κ2) is 10.2. The molecule has 1 aromatic rings. The summed E-state index contributed by atoms with van der Waals surface area (Å²) in [6, 6.07) is 8.12. The molecule has 1 heterocycles. The largest absolute Gasteiger partial charge is 0.454 e. The van der Waals surface area contributed by atoms with Crippen molar-refractivity contribution in [3.8, 4) is 0 Å². The number of halogens is 2. The number of carbonyl (C=O) groups excluding carboxylic acids is 2. The summed E-state index contributed by atoms with van der Waals surface area (Å²) in [7, 11) is -1.00. The molecule has 2 rings (SSSR count). The molecule has 9 heteroatoms. The molecule has 29 heavy (non-hydrogen) atoms. The van der Waals surface area contributed by atoms with Crippen molar-refractivity contribution in [1.82, 2.24) is 10.1 Å². The van der Waals surface area contributed by atoms with E-state index in [0.717, 1.165) is 5.56 Å². The fourth-order valence-corrected chi connectivity index (χ4v) is 3.63. The van der Waals surface area contributed by atoms with Crippen LogP contribution in [-0.4, -0.2) is 54.0 Å². The first-order chi connectivity index (χ1) is 13.6. The van der Waals surface area contributed by atoms with Crippen LogP contribution >= 0.6 is 0 Å². The van der Waals surface area contributed by atoms with E-state index in [1.165, 1.54) is 6.82 Å². The number of nitrogens with zero attached hydrogens (tertiary/aromatic N) is 1. The molecule has 0 bridgehead atoms. The molecule has 2 unspecified atom stereocenters. The SMILES string of the molecule is CB(O)N[C@H](C(=O)OC(C(F)F)C1CCN([C@H](C)c2ccccc2)C1=O)C(C)C. The first-order valence-electron chi connectivity index (χ1n) is 9.91. The topological polar surface area (TPSA) is 78.9 Å². The van der Waals surface area contributed by atoms with E-state index in [9.17, 15) is 23.4 Å². The van der Waals surface area contributed by atoms with Gasteiger partial charge in [0.1, 0.15) is 6.04 Å². The Kier molecular flexibility index (Phi) is 8.16. The van der Waals surface area contributed by atoms with Crippen molar-refractivity contribution in [2.24, 2.45) is 11.8 Å². The van der Waals surface area contributed by atoms with E-state index in [4.69, 9.17) is 4.74 Å². The van der Waals surface area contributed by atoms with E-state index in [0.29, 0.717) is 6.54 Å². The van der Waals surface area contributed by atoms with Gasteiger partial charge in [0.2, 0.25) is 5.91 Å². The molecule has 1 amide bonds. The van der Waals surface area contributed by atoms with Crippen molar-refractivity contribution < 1.29 is 28.1 Å². The lowest BCUT2D eigenvalue weighted by molar-refractivity contribution is -0.168. The molecular weight excluding hydrogens is 381 g/mol. The molecule has 0 spiro atoms. The zero-order valence-corrected chi connectivity index (χ0v) is 17.2. The third kappa shape index (κ3) is 5.76. The zero-order valence-electron chi connectivity index (χ0n) is 17.2. The lowest BCUT2D eigenvalue weighted by Gasteiger charge is -2.28. The molecule has 4 atom stereocenters. The molecule has 1 fully saturated rings. The summed E-state index contributed by atoms with van der Waals surface area (Å²) in [6.45, 7) is 7.02. The minimum Gasteiger partial charge on any atom is -0.454 e. The van der Waals surface area contributed by atoms with Gasteiger partial charge in [-0.3, -0.25) is 9.59 Å². The second-order valence-electron chi connectivity index (χ2n) is 7.81. The minimum absolute atomic E-state index is 0.189. The third-order valence-electron chi connectivity index (χ3n) is 5.27. The molecular formula is C20H29BF2N2O4. The van der Waals surface area contributed by atoms with Crippen LogP contribution in [0.2, 0.25) is 6.82 Å². The molecule has 1 saturated heterocycles. The van der Waals surface area contributed by atoms with Crippen LogP contribution in [0, 0.1) is 11.8 Å². The van der Waals surface area contributed by atoms with Crippen molar-refractivity contribution >= 4 is 18.9 Å². The van der Waals surface area contributed by atoms with Gasteiger partial charge in [0.25, 0.3) is 6.43 Å². The Hall–Kier alpha value is -2.00. The predicted octanol–water partition coefficient (Wildman–Crippen LogP) is 2.50. The van der Waals surface area contributed by atoms with E-state index in [1.54, 1.807) is 18.7 Å². The van der Waals surface area contributed by atoms with Gasteiger partial charge in [-0.15, -0.1) is 0 Å². The minimum atomic E-state index is -2.99. The summed E-state index contributed by atoms with van der Waals surface area (Å²) in [6.07, 6.45) is -4.62. The average molecular weight is 410 g/mol. The highest BCUT2D eigenvalue weighted by Gasteiger charge is 2.46. The molecule has 0 saturated carbocycles. The van der Waals surface area contributed by atoms with Crippen LogP contribution in [-0.2, 0) is 14.3 Å². The maximum atomic E-state index is 13.7. The van der Waals surface area contributed by atoms with Crippen LogP contribution in [0.3, 0.4) is 0 Å². The fraction of sp³-hybridized carbons (Fsp3) is 0.600. The smallest absolute Gasteiger partial charge is 0.374 e. The van der Waals surface area contributed by atoms with Gasteiger partial charge >= 0.3 is 13.0 Å². The van der Waals surface area contributed by atoms with E-state index in [-0.39, 0.29) is 18.4 Å². The summed E-state index contributed by atoms with van der Waals surface area (Å²) in [5, 5.41) is 12.1. The zero-order chi connectivity index (χ0) is 21.7. The number of hydrogen-bond donors (Lipinski definition) is 2. The number of rotatable bonds is 9. The van der Waals surface area contributed by atoms with Gasteiger partial charge in [0.15, 0.2) is 6.10 Å². The number of benzene rings is 1. The standard InChI is InChI=1S/C20H29BF2N2O4/c1-12(2)16(24-21(4)28)20(27)29-17(18(22)23)15-10-11-25(19(15)26)13(3)14-8-6-5-7-9-14/h5-9,12-13,15-18,24,28H,10-11H2,1-4H3/t13-,15?,16+,17?/m1/s1. The summed E-state index contributed by atoms with van der Waals surface area (Å²) in [5.41, 5.74) is 0.910. The third-order valence-corrected chi connectivity index (χ3v) is 5.27. The number of nitrogens with one attached hydrogen (secondary N) is 1. The first-order valence-corrected chi connectivity index (χ1v) is 9.91. The summed E-state index contributed by atoms with van der Waals surface area (Å²) < 4.78 is 32.6. The van der Waals surface area contributed by atoms with Gasteiger partial charge in [-0.2, -0.15) is 0 Å². The summed E-state index contributed by atoms with van der Waals surface area (Å²) >= 11 is 0. The van der Waals surface area contributed by atoms with Gasteiger partial charge in [-0.25, -0.2) is 8.78 Å².